The van der Waals surface area contributed by atoms with Gasteiger partial charge in [0, 0.05) is 119 Å². The number of H-pyrrole nitrogens is 4. The fourth-order valence-corrected chi connectivity index (χ4v) is 19.1. The van der Waals surface area contributed by atoms with Crippen LogP contribution >= 0.6 is 34.8 Å². The number of aromatic amines is 4. The summed E-state index contributed by atoms with van der Waals surface area (Å²) in [7, 11) is 0. The number of hydrogen-bond donors (Lipinski definition) is 12. The van der Waals surface area contributed by atoms with E-state index < -0.39 is 0 Å². The van der Waals surface area contributed by atoms with Crippen molar-refractivity contribution in [2.45, 2.75) is 193 Å². The summed E-state index contributed by atoms with van der Waals surface area (Å²) in [6, 6.07) is 74.0. The third-order valence-electron chi connectivity index (χ3n) is 27.3. The van der Waals surface area contributed by atoms with Crippen LogP contribution in [0.2, 0.25) is 15.1 Å². The summed E-state index contributed by atoms with van der Waals surface area (Å²) in [6.07, 6.45) is 23.5. The predicted octanol–water partition coefficient (Wildman–Crippen LogP) is 24.9. The molecule has 5 fully saturated rings. The standard InChI is InChI=1S/C28H26Cl2N4O2.C28H27ClN4O2.C28H34N4O2.C28H28N4O2/c1-16-2-9-20(10-3-16)31-28(36)19-8-13-24-25(14-19)34-26(33-24)17-4-6-18(7-5-17)27(35)32-21-11-12-22(29)23(30)15-21;1-17-2-11-22(12-3-17)31-28(35)20-8-15-24-25(16-20)33-26(32-24)18-4-6-19(7-5-18)27(34)30-23-13-9-21(29)10-14-23;2*1-18-7-14-23(15-8-18)30-28(34)21-13-16-24-25(17-21)32-26(31-24)19-9-11-20(12-10-19)27(33)29-22-5-3-2-4-6-22/h4-8,11-16,20H,2-3,9-10H2,1H3,(H,31,36)(H,32,35)(H,33,34);4-10,13-17,22H,2-3,11-12H2,1H3,(H,30,34)(H,31,35)(H,32,33);9-13,16-18,22-23H,2-8,14-15H2,1H3,(H,29,33)(H,30,34)(H,31,32);2-6,9-13,16-18,23H,7-8,14-15H2,1H3,(H,29,33)(H,30,34)(H,31,32). The number of amides is 8. The molecular weight excluding hydrogens is 1800 g/mol. The van der Waals surface area contributed by atoms with E-state index in [2.05, 4.69) is 110 Å². The zero-order valence-corrected chi connectivity index (χ0v) is 80.6. The number of halogens is 3. The first-order valence-electron chi connectivity index (χ1n) is 48.5. The van der Waals surface area contributed by atoms with Gasteiger partial charge in [-0.15, -0.1) is 0 Å². The highest BCUT2D eigenvalue weighted by molar-refractivity contribution is 6.42. The van der Waals surface area contributed by atoms with E-state index in [1.54, 1.807) is 78.9 Å². The molecule has 12 N–H and O–H groups in total. The molecule has 0 atom stereocenters. The number of benzene rings is 11. The number of para-hydroxylation sites is 1. The monoisotopic (exact) mass is 1920 g/mol. The van der Waals surface area contributed by atoms with Gasteiger partial charge < -0.3 is 62.5 Å². The molecule has 0 saturated heterocycles. The van der Waals surface area contributed by atoms with Crippen molar-refractivity contribution in [2.24, 2.45) is 23.7 Å². The van der Waals surface area contributed by atoms with Gasteiger partial charge in [-0.05, 0) is 315 Å². The average Bonchev–Trinajstić information content (AvgIpc) is 1.67. The molecule has 11 aromatic carbocycles. The van der Waals surface area contributed by atoms with Crippen LogP contribution in [0, 0.1) is 23.7 Å². The Bertz CT molecular complexity index is 6880. The molecule has 27 heteroatoms. The van der Waals surface area contributed by atoms with E-state index in [0.717, 1.165) is 191 Å². The van der Waals surface area contributed by atoms with E-state index in [-0.39, 0.29) is 71.4 Å². The van der Waals surface area contributed by atoms with E-state index in [0.29, 0.717) is 94.5 Å². The normalized spacial score (nSPS) is 18.6. The smallest absolute Gasteiger partial charge is 0.255 e. The van der Waals surface area contributed by atoms with Crippen molar-refractivity contribution in [3.8, 4) is 45.6 Å². The number of rotatable bonds is 20. The highest BCUT2D eigenvalue weighted by Crippen LogP contribution is 2.34. The maximum absolute atomic E-state index is 12.8. The van der Waals surface area contributed by atoms with Crippen LogP contribution in [0.25, 0.3) is 89.7 Å². The van der Waals surface area contributed by atoms with Gasteiger partial charge in [0.2, 0.25) is 0 Å². The van der Waals surface area contributed by atoms with Crippen LogP contribution in [0.3, 0.4) is 0 Å². The van der Waals surface area contributed by atoms with Crippen LogP contribution in [0.4, 0.5) is 17.1 Å². The van der Waals surface area contributed by atoms with Gasteiger partial charge in [-0.1, -0.05) is 148 Å². The van der Waals surface area contributed by atoms with Gasteiger partial charge in [-0.25, -0.2) is 19.9 Å². The first-order chi connectivity index (χ1) is 67.4. The first kappa shape index (κ1) is 96.6. The van der Waals surface area contributed by atoms with E-state index in [4.69, 9.17) is 34.8 Å². The van der Waals surface area contributed by atoms with Crippen LogP contribution in [0.15, 0.2) is 243 Å². The second kappa shape index (κ2) is 45.0. The summed E-state index contributed by atoms with van der Waals surface area (Å²) < 4.78 is 0. The maximum Gasteiger partial charge on any atom is 0.255 e. The largest absolute Gasteiger partial charge is 0.349 e. The molecule has 0 bridgehead atoms. The quantitative estimate of drug-likeness (QED) is 0.0339. The summed E-state index contributed by atoms with van der Waals surface area (Å²) in [5.41, 5.74) is 16.7. The predicted molar refractivity (Wildman–Crippen MR) is 554 cm³/mol. The Morgan fingerprint density at radius 1 is 0.245 bits per heavy atom. The highest BCUT2D eigenvalue weighted by atomic mass is 35.5. The fraction of sp³-hybridized carbons (Fsp3) is 0.304. The lowest BCUT2D eigenvalue weighted by Crippen LogP contribution is -2.37. The Morgan fingerprint density at radius 2 is 0.496 bits per heavy atom. The van der Waals surface area contributed by atoms with Gasteiger partial charge in [0.25, 0.3) is 47.3 Å². The number of nitrogens with zero attached hydrogens (tertiary/aromatic N) is 4. The van der Waals surface area contributed by atoms with Crippen LogP contribution in [-0.2, 0) is 0 Å². The van der Waals surface area contributed by atoms with Crippen LogP contribution < -0.4 is 42.5 Å². The second-order valence-corrected chi connectivity index (χ2v) is 39.2. The molecule has 8 amide bonds. The topological polar surface area (TPSA) is 348 Å². The molecule has 139 heavy (non-hydrogen) atoms. The molecule has 5 aliphatic rings. The number of anilines is 3. The lowest BCUT2D eigenvalue weighted by molar-refractivity contribution is 0.0915. The average molecular weight is 1920 g/mol. The number of hydrogen-bond acceptors (Lipinski definition) is 12. The summed E-state index contributed by atoms with van der Waals surface area (Å²) in [5, 5.41) is 25.9. The molecule has 24 nitrogen and oxygen atoms in total. The van der Waals surface area contributed by atoms with Gasteiger partial charge in [-0.2, -0.15) is 0 Å². The highest BCUT2D eigenvalue weighted by Gasteiger charge is 2.28. The molecule has 5 saturated carbocycles. The Hall–Kier alpha value is -14.1. The van der Waals surface area contributed by atoms with Crippen molar-refractivity contribution >= 4 is 143 Å². The Kier molecular flexibility index (Phi) is 31.3. The number of carbonyl (C=O) groups is 8. The zero-order valence-electron chi connectivity index (χ0n) is 78.3. The van der Waals surface area contributed by atoms with E-state index in [1.807, 2.05) is 164 Å². The summed E-state index contributed by atoms with van der Waals surface area (Å²) in [6.45, 7) is 9.09. The molecule has 5 aliphatic carbocycles. The van der Waals surface area contributed by atoms with Gasteiger partial charge in [0.05, 0.1) is 54.2 Å². The van der Waals surface area contributed by atoms with Crippen molar-refractivity contribution in [3.63, 3.8) is 0 Å². The number of nitrogens with one attached hydrogen (secondary N) is 12. The lowest BCUT2D eigenvalue weighted by Gasteiger charge is -2.26. The van der Waals surface area contributed by atoms with E-state index >= 15 is 0 Å². The van der Waals surface area contributed by atoms with Gasteiger partial charge >= 0.3 is 0 Å². The summed E-state index contributed by atoms with van der Waals surface area (Å²) >= 11 is 17.9. The number of fused-ring (bicyclic) bond motifs is 4. The molecule has 4 aromatic heterocycles. The number of aromatic nitrogens is 8. The van der Waals surface area contributed by atoms with Crippen molar-refractivity contribution in [1.82, 2.24) is 66.5 Å². The molecule has 0 unspecified atom stereocenters. The molecule has 4 heterocycles. The van der Waals surface area contributed by atoms with Gasteiger partial charge in [0.1, 0.15) is 23.3 Å². The minimum absolute atomic E-state index is 0.00821. The lowest BCUT2D eigenvalue weighted by atomic mass is 9.87. The Morgan fingerprint density at radius 3 is 0.791 bits per heavy atom. The van der Waals surface area contributed by atoms with Crippen molar-refractivity contribution in [2.75, 3.05) is 16.0 Å². The molecule has 0 spiro atoms. The zero-order chi connectivity index (χ0) is 96.6. The third-order valence-corrected chi connectivity index (χ3v) is 28.3. The molecule has 0 aliphatic heterocycles. The molecular formula is C112H115Cl3N16O8. The molecule has 712 valence electrons. The van der Waals surface area contributed by atoms with Crippen molar-refractivity contribution in [3.05, 3.63) is 302 Å². The SMILES string of the molecule is CC1CCC(NC(=O)c2ccc3nc(-c4ccc(C(=O)NC5CCCCC5)cc4)[nH]c3c2)CC1.CC1CCC(NC(=O)c2ccc3nc(-c4ccc(C(=O)Nc5ccc(Cl)c(Cl)c5)cc4)[nH]c3c2)CC1.CC1CCC(NC(=O)c2ccc3nc(-c4ccc(C(=O)Nc5ccc(Cl)cc5)cc4)[nH]c3c2)CC1.CC1CCC(NC(=O)c2ccc3nc(-c4ccc(C(=O)Nc5ccccc5)cc4)[nH]c3c2)CC1. The van der Waals surface area contributed by atoms with Crippen LogP contribution in [-0.4, -0.2) is 117 Å². The minimum Gasteiger partial charge on any atom is -0.349 e. The van der Waals surface area contributed by atoms with Crippen molar-refractivity contribution in [1.29, 1.82) is 0 Å². The van der Waals surface area contributed by atoms with Crippen molar-refractivity contribution < 1.29 is 38.4 Å². The van der Waals surface area contributed by atoms with Crippen LogP contribution in [0.1, 0.15) is 245 Å². The Labute approximate surface area is 822 Å². The number of carbonyl (C=O) groups excluding carboxylic acids is 8. The molecule has 20 rings (SSSR count). The van der Waals surface area contributed by atoms with Gasteiger partial charge in [0.15, 0.2) is 0 Å². The van der Waals surface area contributed by atoms with Crippen LogP contribution in [0.5, 0.6) is 0 Å². The summed E-state index contributed by atoms with van der Waals surface area (Å²) in [4.78, 5) is 133. The Balaban J connectivity index is 0.000000128. The van der Waals surface area contributed by atoms with E-state index in [9.17, 15) is 38.4 Å². The fourth-order valence-electron chi connectivity index (χ4n) is 18.7. The third kappa shape index (κ3) is 25.5. The van der Waals surface area contributed by atoms with Gasteiger partial charge in [-0.3, -0.25) is 38.4 Å². The van der Waals surface area contributed by atoms with E-state index in [1.165, 1.54) is 44.9 Å². The summed E-state index contributed by atoms with van der Waals surface area (Å²) in [5.74, 6) is 4.99. The molecule has 15 aromatic rings. The first-order valence-corrected chi connectivity index (χ1v) is 49.7. The maximum atomic E-state index is 12.8. The second-order valence-electron chi connectivity index (χ2n) is 38.0. The molecule has 0 radical (unpaired) electrons. The number of imidazole rings is 4. The minimum atomic E-state index is -0.257.